The average Bonchev–Trinajstić information content (AvgIpc) is 2.40. The molecule has 0 aliphatic heterocycles. The highest BCUT2D eigenvalue weighted by Gasteiger charge is 2.41. The van der Waals surface area contributed by atoms with Crippen molar-refractivity contribution in [2.24, 2.45) is 0 Å². The van der Waals surface area contributed by atoms with Gasteiger partial charge in [0.1, 0.15) is 5.75 Å². The standard InChI is InChI=1S/C13H12F3NO3/c1-20-10-4-2-3-8-7(10)5-6-9(11(8)18)17-12(19)13(14,15)16/h2-4,9H,5-6H2,1H3,(H,17,19). The van der Waals surface area contributed by atoms with Crippen LogP contribution in [0.25, 0.3) is 0 Å². The van der Waals surface area contributed by atoms with Crippen LogP contribution in [0.1, 0.15) is 22.3 Å². The third kappa shape index (κ3) is 2.61. The summed E-state index contributed by atoms with van der Waals surface area (Å²) >= 11 is 0. The summed E-state index contributed by atoms with van der Waals surface area (Å²) in [6.45, 7) is 0. The highest BCUT2D eigenvalue weighted by molar-refractivity contribution is 6.04. The van der Waals surface area contributed by atoms with Crippen molar-refractivity contribution in [1.29, 1.82) is 0 Å². The molecule has 0 radical (unpaired) electrons. The maximum absolute atomic E-state index is 12.2. The molecule has 0 saturated carbocycles. The number of methoxy groups -OCH3 is 1. The molecule has 0 heterocycles. The van der Waals surface area contributed by atoms with Crippen LogP contribution >= 0.6 is 0 Å². The van der Waals surface area contributed by atoms with Crippen molar-refractivity contribution in [1.82, 2.24) is 5.32 Å². The van der Waals surface area contributed by atoms with Gasteiger partial charge in [-0.25, -0.2) is 0 Å². The number of hydrogen-bond acceptors (Lipinski definition) is 3. The van der Waals surface area contributed by atoms with E-state index in [1.165, 1.54) is 13.2 Å². The molecule has 0 bridgehead atoms. The Kier molecular flexibility index (Phi) is 3.69. The molecule has 1 aliphatic rings. The van der Waals surface area contributed by atoms with E-state index in [9.17, 15) is 22.8 Å². The molecule has 1 N–H and O–H groups in total. The molecule has 0 saturated heterocycles. The fraction of sp³-hybridized carbons (Fsp3) is 0.385. The Morgan fingerprint density at radius 3 is 2.70 bits per heavy atom. The quantitative estimate of drug-likeness (QED) is 0.903. The first-order chi connectivity index (χ1) is 9.34. The molecule has 1 amide bonds. The Morgan fingerprint density at radius 1 is 1.40 bits per heavy atom. The van der Waals surface area contributed by atoms with Crippen LogP contribution in [-0.2, 0) is 11.2 Å². The first-order valence-corrected chi connectivity index (χ1v) is 5.92. The number of halogens is 3. The smallest absolute Gasteiger partial charge is 0.471 e. The van der Waals surface area contributed by atoms with E-state index >= 15 is 0 Å². The summed E-state index contributed by atoms with van der Waals surface area (Å²) in [6.07, 6.45) is -4.50. The number of carbonyl (C=O) groups is 2. The lowest BCUT2D eigenvalue weighted by molar-refractivity contribution is -0.174. The van der Waals surface area contributed by atoms with Crippen LogP contribution in [0.2, 0.25) is 0 Å². The zero-order chi connectivity index (χ0) is 14.9. The van der Waals surface area contributed by atoms with Gasteiger partial charge in [-0.3, -0.25) is 9.59 Å². The number of Topliss-reactive ketones (excluding diaryl/α,β-unsaturated/α-hetero) is 1. The van der Waals surface area contributed by atoms with Crippen molar-refractivity contribution in [3.8, 4) is 5.75 Å². The van der Waals surface area contributed by atoms with E-state index in [1.54, 1.807) is 17.4 Å². The van der Waals surface area contributed by atoms with E-state index in [2.05, 4.69) is 0 Å². The Morgan fingerprint density at radius 2 is 2.10 bits per heavy atom. The molecule has 4 nitrogen and oxygen atoms in total. The second-order valence-electron chi connectivity index (χ2n) is 4.41. The van der Waals surface area contributed by atoms with Crippen molar-refractivity contribution in [3.05, 3.63) is 29.3 Å². The summed E-state index contributed by atoms with van der Waals surface area (Å²) in [7, 11) is 1.46. The fourth-order valence-electron chi connectivity index (χ4n) is 2.23. The average molecular weight is 287 g/mol. The largest absolute Gasteiger partial charge is 0.496 e. The number of benzene rings is 1. The third-order valence-electron chi connectivity index (χ3n) is 3.18. The van der Waals surface area contributed by atoms with E-state index in [4.69, 9.17) is 4.74 Å². The van der Waals surface area contributed by atoms with Gasteiger partial charge in [0.25, 0.3) is 0 Å². The summed E-state index contributed by atoms with van der Waals surface area (Å²) in [4.78, 5) is 23.0. The third-order valence-corrected chi connectivity index (χ3v) is 3.18. The molecule has 0 spiro atoms. The predicted octanol–water partition coefficient (Wildman–Crippen LogP) is 1.87. The minimum Gasteiger partial charge on any atom is -0.496 e. The number of nitrogens with one attached hydrogen (secondary N) is 1. The molecule has 1 unspecified atom stereocenters. The second-order valence-corrected chi connectivity index (χ2v) is 4.41. The first-order valence-electron chi connectivity index (χ1n) is 5.92. The number of fused-ring (bicyclic) bond motifs is 1. The van der Waals surface area contributed by atoms with E-state index in [1.807, 2.05) is 0 Å². The molecule has 1 aromatic carbocycles. The van der Waals surface area contributed by atoms with Crippen LogP contribution in [0.15, 0.2) is 18.2 Å². The molecule has 1 aliphatic carbocycles. The van der Waals surface area contributed by atoms with Gasteiger partial charge in [0.2, 0.25) is 0 Å². The number of ether oxygens (including phenoxy) is 1. The fourth-order valence-corrected chi connectivity index (χ4v) is 2.23. The molecule has 0 fully saturated rings. The first kappa shape index (κ1) is 14.4. The number of carbonyl (C=O) groups excluding carboxylic acids is 2. The Hall–Kier alpha value is -2.05. The second kappa shape index (κ2) is 5.15. The van der Waals surface area contributed by atoms with Crippen LogP contribution in [0, 0.1) is 0 Å². The summed E-state index contributed by atoms with van der Waals surface area (Å²) < 4.78 is 41.7. The molecular weight excluding hydrogens is 275 g/mol. The number of hydrogen-bond donors (Lipinski definition) is 1. The predicted molar refractivity (Wildman–Crippen MR) is 63.6 cm³/mol. The highest BCUT2D eigenvalue weighted by Crippen LogP contribution is 2.30. The molecule has 1 atom stereocenters. The zero-order valence-electron chi connectivity index (χ0n) is 10.6. The van der Waals surface area contributed by atoms with Gasteiger partial charge in [-0.2, -0.15) is 13.2 Å². The minimum atomic E-state index is -4.99. The molecule has 0 aromatic heterocycles. The van der Waals surface area contributed by atoms with Crippen LogP contribution in [0.4, 0.5) is 13.2 Å². The van der Waals surface area contributed by atoms with Crippen molar-refractivity contribution in [3.63, 3.8) is 0 Å². The van der Waals surface area contributed by atoms with Crippen molar-refractivity contribution < 1.29 is 27.5 Å². The van der Waals surface area contributed by atoms with Gasteiger partial charge in [0.05, 0.1) is 13.2 Å². The monoisotopic (exact) mass is 287 g/mol. The molecule has 20 heavy (non-hydrogen) atoms. The summed E-state index contributed by atoms with van der Waals surface area (Å²) in [5.41, 5.74) is 0.959. The normalized spacial score (nSPS) is 18.4. The van der Waals surface area contributed by atoms with Gasteiger partial charge in [-0.05, 0) is 18.9 Å². The van der Waals surface area contributed by atoms with Crippen LogP contribution in [0.5, 0.6) is 5.75 Å². The van der Waals surface area contributed by atoms with E-state index in [-0.39, 0.29) is 6.42 Å². The summed E-state index contributed by atoms with van der Waals surface area (Å²) in [5.74, 6) is -2.10. The SMILES string of the molecule is COc1cccc2c1CCC(NC(=O)C(F)(F)F)C2=O. The van der Waals surface area contributed by atoms with Gasteiger partial charge in [-0.1, -0.05) is 12.1 Å². The van der Waals surface area contributed by atoms with Crippen molar-refractivity contribution in [2.75, 3.05) is 7.11 Å². The highest BCUT2D eigenvalue weighted by atomic mass is 19.4. The maximum Gasteiger partial charge on any atom is 0.471 e. The van der Waals surface area contributed by atoms with Crippen molar-refractivity contribution in [2.45, 2.75) is 25.1 Å². The number of alkyl halides is 3. The maximum atomic E-state index is 12.2. The van der Waals surface area contributed by atoms with Gasteiger partial charge in [0.15, 0.2) is 5.78 Å². The van der Waals surface area contributed by atoms with Crippen LogP contribution < -0.4 is 10.1 Å². The lowest BCUT2D eigenvalue weighted by atomic mass is 9.86. The molecule has 1 aromatic rings. The van der Waals surface area contributed by atoms with Crippen molar-refractivity contribution >= 4 is 11.7 Å². The molecular formula is C13H12F3NO3. The Balaban J connectivity index is 2.23. The molecule has 2 rings (SSSR count). The summed E-state index contributed by atoms with van der Waals surface area (Å²) in [5, 5.41) is 1.73. The van der Waals surface area contributed by atoms with Gasteiger partial charge in [0, 0.05) is 11.1 Å². The number of amides is 1. The molecule has 108 valence electrons. The lowest BCUT2D eigenvalue weighted by Gasteiger charge is -2.25. The van der Waals surface area contributed by atoms with Gasteiger partial charge >= 0.3 is 12.1 Å². The Bertz CT molecular complexity index is 554. The summed E-state index contributed by atoms with van der Waals surface area (Å²) in [6, 6.07) is 3.64. The van der Waals surface area contributed by atoms with Crippen LogP contribution in [-0.4, -0.2) is 31.0 Å². The van der Waals surface area contributed by atoms with Gasteiger partial charge < -0.3 is 10.1 Å². The Labute approximate surface area is 112 Å². The van der Waals surface area contributed by atoms with Gasteiger partial charge in [-0.15, -0.1) is 0 Å². The minimum absolute atomic E-state index is 0.119. The van der Waals surface area contributed by atoms with E-state index in [0.29, 0.717) is 23.3 Å². The van der Waals surface area contributed by atoms with E-state index in [0.717, 1.165) is 0 Å². The number of rotatable bonds is 2. The topological polar surface area (TPSA) is 55.4 Å². The van der Waals surface area contributed by atoms with E-state index < -0.39 is 23.9 Å². The van der Waals surface area contributed by atoms with Crippen LogP contribution in [0.3, 0.4) is 0 Å². The number of ketones is 1. The lowest BCUT2D eigenvalue weighted by Crippen LogP contribution is -2.48. The zero-order valence-corrected chi connectivity index (χ0v) is 10.6. The molecule has 7 heteroatoms.